The van der Waals surface area contributed by atoms with Crippen molar-refractivity contribution in [1.82, 2.24) is 40.1 Å². The molecule has 34 heavy (non-hydrogen) atoms. The number of piperazine rings is 1. The highest BCUT2D eigenvalue weighted by atomic mass is 16.5. The average molecular weight is 459 g/mol. The summed E-state index contributed by atoms with van der Waals surface area (Å²) in [5.41, 5.74) is 1.99. The van der Waals surface area contributed by atoms with Crippen molar-refractivity contribution in [2.45, 2.75) is 25.4 Å². The molecular formula is C24H26N8O2. The van der Waals surface area contributed by atoms with E-state index in [0.29, 0.717) is 44.3 Å². The summed E-state index contributed by atoms with van der Waals surface area (Å²) in [5.74, 6) is 1.18. The van der Waals surface area contributed by atoms with Crippen LogP contribution in [0, 0.1) is 0 Å². The zero-order valence-electron chi connectivity index (χ0n) is 18.9. The van der Waals surface area contributed by atoms with E-state index in [-0.39, 0.29) is 11.9 Å². The summed E-state index contributed by atoms with van der Waals surface area (Å²) in [6, 6.07) is 19.2. The minimum Gasteiger partial charge on any atom is -0.338 e. The first-order valence-corrected chi connectivity index (χ1v) is 11.4. The molecule has 1 fully saturated rings. The number of amides is 1. The molecule has 0 aliphatic carbocycles. The Bertz CT molecular complexity index is 1190. The van der Waals surface area contributed by atoms with Crippen LogP contribution in [0.15, 0.2) is 71.5 Å². The van der Waals surface area contributed by atoms with Gasteiger partial charge < -0.3 is 9.42 Å². The molecule has 2 aromatic heterocycles. The molecule has 5 rings (SSSR count). The van der Waals surface area contributed by atoms with Crippen molar-refractivity contribution in [2.75, 3.05) is 26.2 Å². The summed E-state index contributed by atoms with van der Waals surface area (Å²) < 4.78 is 7.10. The van der Waals surface area contributed by atoms with Gasteiger partial charge in [0, 0.05) is 38.2 Å². The van der Waals surface area contributed by atoms with Crippen LogP contribution in [0.2, 0.25) is 0 Å². The lowest BCUT2D eigenvalue weighted by Crippen LogP contribution is -2.51. The fourth-order valence-electron chi connectivity index (χ4n) is 4.25. The number of carbonyl (C=O) groups excluding carboxylic acids is 1. The van der Waals surface area contributed by atoms with E-state index < -0.39 is 6.04 Å². The molecule has 10 nitrogen and oxygen atoms in total. The highest BCUT2D eigenvalue weighted by Crippen LogP contribution is 2.24. The van der Waals surface area contributed by atoms with Crippen molar-refractivity contribution >= 4 is 5.91 Å². The van der Waals surface area contributed by atoms with Gasteiger partial charge >= 0.3 is 0 Å². The molecule has 2 unspecified atom stereocenters. The van der Waals surface area contributed by atoms with Gasteiger partial charge in [0.15, 0.2) is 0 Å². The lowest BCUT2D eigenvalue weighted by molar-refractivity contribution is -0.137. The van der Waals surface area contributed by atoms with Crippen molar-refractivity contribution in [3.05, 3.63) is 78.4 Å². The van der Waals surface area contributed by atoms with Crippen LogP contribution in [0.5, 0.6) is 0 Å². The third-order valence-electron chi connectivity index (χ3n) is 6.25. The Morgan fingerprint density at radius 1 is 1.00 bits per heavy atom. The third-order valence-corrected chi connectivity index (χ3v) is 6.25. The van der Waals surface area contributed by atoms with Crippen LogP contribution >= 0.6 is 0 Å². The summed E-state index contributed by atoms with van der Waals surface area (Å²) in [6.07, 6.45) is 2.04. The standard InChI is InChI=1S/C24H26N8O2/c1-18(23-26-22(27-34-23)20-10-6-3-7-11-20)30-12-14-31(15-13-30)24(33)21(32-17-25-28-29-32)16-19-8-4-2-5-9-19/h2-11,17-18,21H,12-16H2,1H3. The lowest BCUT2D eigenvalue weighted by Gasteiger charge is -2.38. The van der Waals surface area contributed by atoms with Gasteiger partial charge in [-0.25, -0.2) is 4.68 Å². The Kier molecular flexibility index (Phi) is 6.39. The molecule has 1 aliphatic rings. The number of tetrazole rings is 1. The maximum absolute atomic E-state index is 13.5. The molecule has 2 aromatic carbocycles. The van der Waals surface area contributed by atoms with Gasteiger partial charge in [0.2, 0.25) is 17.6 Å². The molecule has 2 atom stereocenters. The molecule has 0 spiro atoms. The second-order valence-corrected chi connectivity index (χ2v) is 8.35. The first-order chi connectivity index (χ1) is 16.7. The van der Waals surface area contributed by atoms with Crippen molar-refractivity contribution in [3.63, 3.8) is 0 Å². The minimum atomic E-state index is -0.481. The molecule has 174 valence electrons. The molecule has 4 aromatic rings. The Labute approximate surface area is 197 Å². The molecular weight excluding hydrogens is 432 g/mol. The molecule has 10 heteroatoms. The number of nitrogens with zero attached hydrogens (tertiary/aromatic N) is 8. The number of carbonyl (C=O) groups is 1. The van der Waals surface area contributed by atoms with E-state index in [1.54, 1.807) is 4.68 Å². The van der Waals surface area contributed by atoms with E-state index in [0.717, 1.165) is 11.1 Å². The summed E-state index contributed by atoms with van der Waals surface area (Å²) in [6.45, 7) is 4.69. The van der Waals surface area contributed by atoms with E-state index in [2.05, 4.69) is 37.5 Å². The molecule has 3 heterocycles. The van der Waals surface area contributed by atoms with Crippen LogP contribution in [-0.4, -0.2) is 72.2 Å². The Morgan fingerprint density at radius 2 is 1.71 bits per heavy atom. The number of rotatable bonds is 7. The molecule has 1 saturated heterocycles. The molecule has 0 bridgehead atoms. The van der Waals surface area contributed by atoms with Crippen LogP contribution in [0.25, 0.3) is 11.4 Å². The van der Waals surface area contributed by atoms with Crippen LogP contribution in [0.3, 0.4) is 0 Å². The average Bonchev–Trinajstić information content (AvgIpc) is 3.61. The Balaban J connectivity index is 1.23. The zero-order chi connectivity index (χ0) is 23.3. The summed E-state index contributed by atoms with van der Waals surface area (Å²) in [5, 5.41) is 15.6. The van der Waals surface area contributed by atoms with E-state index >= 15 is 0 Å². The first kappa shape index (κ1) is 21.9. The normalized spacial score (nSPS) is 16.3. The molecule has 1 aliphatic heterocycles. The van der Waals surface area contributed by atoms with Gasteiger partial charge in [0.05, 0.1) is 6.04 Å². The summed E-state index contributed by atoms with van der Waals surface area (Å²) in [4.78, 5) is 22.2. The van der Waals surface area contributed by atoms with Gasteiger partial charge in [0.1, 0.15) is 12.4 Å². The van der Waals surface area contributed by atoms with Crippen LogP contribution in [0.1, 0.15) is 30.5 Å². The smallest absolute Gasteiger partial charge is 0.248 e. The van der Waals surface area contributed by atoms with Crippen LogP contribution in [0.4, 0.5) is 0 Å². The summed E-state index contributed by atoms with van der Waals surface area (Å²) >= 11 is 0. The third kappa shape index (κ3) is 4.72. The SMILES string of the molecule is CC(c1nc(-c2ccccc2)no1)N1CCN(C(=O)C(Cc2ccccc2)n2cnnn2)CC1. The predicted molar refractivity (Wildman–Crippen MR) is 123 cm³/mol. The quantitative estimate of drug-likeness (QED) is 0.416. The largest absolute Gasteiger partial charge is 0.338 e. The first-order valence-electron chi connectivity index (χ1n) is 11.4. The summed E-state index contributed by atoms with van der Waals surface area (Å²) in [7, 11) is 0. The fourth-order valence-corrected chi connectivity index (χ4v) is 4.25. The molecule has 0 radical (unpaired) electrons. The van der Waals surface area contributed by atoms with E-state index in [9.17, 15) is 4.79 Å². The van der Waals surface area contributed by atoms with Gasteiger partial charge in [-0.1, -0.05) is 65.8 Å². The lowest BCUT2D eigenvalue weighted by atomic mass is 10.0. The number of aromatic nitrogens is 6. The van der Waals surface area contributed by atoms with Crippen molar-refractivity contribution in [1.29, 1.82) is 0 Å². The zero-order valence-corrected chi connectivity index (χ0v) is 18.9. The van der Waals surface area contributed by atoms with Gasteiger partial charge in [-0.3, -0.25) is 9.69 Å². The van der Waals surface area contributed by atoms with Gasteiger partial charge in [-0.2, -0.15) is 4.98 Å². The van der Waals surface area contributed by atoms with E-state index in [1.165, 1.54) is 6.33 Å². The van der Waals surface area contributed by atoms with Crippen molar-refractivity contribution < 1.29 is 9.32 Å². The van der Waals surface area contributed by atoms with Crippen molar-refractivity contribution in [2.24, 2.45) is 0 Å². The Morgan fingerprint density at radius 3 is 2.38 bits per heavy atom. The number of benzene rings is 2. The maximum atomic E-state index is 13.5. The van der Waals surface area contributed by atoms with Gasteiger partial charge in [-0.05, 0) is 22.9 Å². The van der Waals surface area contributed by atoms with Crippen molar-refractivity contribution in [3.8, 4) is 11.4 Å². The number of hydrogen-bond acceptors (Lipinski definition) is 8. The van der Waals surface area contributed by atoms with Gasteiger partial charge in [-0.15, -0.1) is 5.10 Å². The number of hydrogen-bond donors (Lipinski definition) is 0. The predicted octanol–water partition coefficient (Wildman–Crippen LogP) is 2.41. The second kappa shape index (κ2) is 9.92. The van der Waals surface area contributed by atoms with E-state index in [4.69, 9.17) is 4.52 Å². The van der Waals surface area contributed by atoms with E-state index in [1.807, 2.05) is 65.6 Å². The van der Waals surface area contributed by atoms with Crippen LogP contribution in [-0.2, 0) is 11.2 Å². The highest BCUT2D eigenvalue weighted by molar-refractivity contribution is 5.80. The minimum absolute atomic E-state index is 0.0209. The van der Waals surface area contributed by atoms with Gasteiger partial charge in [0.25, 0.3) is 0 Å². The molecule has 0 N–H and O–H groups in total. The molecule has 1 amide bonds. The maximum Gasteiger partial charge on any atom is 0.248 e. The molecule has 0 saturated carbocycles. The van der Waals surface area contributed by atoms with Crippen LogP contribution < -0.4 is 0 Å². The fraction of sp³-hybridized carbons (Fsp3) is 0.333. The highest BCUT2D eigenvalue weighted by Gasteiger charge is 2.32. The topological polar surface area (TPSA) is 106 Å². The Hall–Kier alpha value is -3.92. The monoisotopic (exact) mass is 458 g/mol. The second-order valence-electron chi connectivity index (χ2n) is 8.35.